The second kappa shape index (κ2) is 43.2. The number of likely N-dealkylation sites (tertiary alicyclic amines) is 4. The van der Waals surface area contributed by atoms with E-state index in [9.17, 15) is 38.4 Å². The van der Waals surface area contributed by atoms with Gasteiger partial charge in [-0.05, 0) is 118 Å². The quantitative estimate of drug-likeness (QED) is 0.0478. The van der Waals surface area contributed by atoms with Crippen molar-refractivity contribution in [3.63, 3.8) is 0 Å². The minimum absolute atomic E-state index is 0.0180. The topological polar surface area (TPSA) is 342 Å². The van der Waals surface area contributed by atoms with Gasteiger partial charge in [0.1, 0.15) is 22.9 Å². The van der Waals surface area contributed by atoms with Gasteiger partial charge in [0.15, 0.2) is 0 Å². The number of para-hydroxylation sites is 4. The fraction of sp³-hybridized carbons (Fsp3) is 0.600. The molecule has 0 bridgehead atoms. The van der Waals surface area contributed by atoms with Crippen LogP contribution in [0, 0.1) is 0 Å². The lowest BCUT2D eigenvalue weighted by Gasteiger charge is -2.47. The fourth-order valence-corrected chi connectivity index (χ4v) is 13.4. The summed E-state index contributed by atoms with van der Waals surface area (Å²) >= 11 is 0. The summed E-state index contributed by atoms with van der Waals surface area (Å²) in [7, 11) is -12.4. The van der Waals surface area contributed by atoms with E-state index in [4.69, 9.17) is 76.5 Å². The Labute approximate surface area is 736 Å². The first-order chi connectivity index (χ1) is 72.8. The van der Waals surface area contributed by atoms with Gasteiger partial charge < -0.3 is 38.5 Å². The van der Waals surface area contributed by atoms with Gasteiger partial charge in [0.25, 0.3) is 0 Å². The highest BCUT2D eigenvalue weighted by molar-refractivity contribution is 5.96. The van der Waals surface area contributed by atoms with Gasteiger partial charge in [-0.2, -0.15) is 37.5 Å². The number of carbonyl (C=O) groups excluding carboxylic acids is 4. The molecule has 632 valence electrons. The zero-order chi connectivity index (χ0) is 119. The third-order valence-electron chi connectivity index (χ3n) is 20.0. The maximum atomic E-state index is 13.8. The van der Waals surface area contributed by atoms with Crippen LogP contribution in [-0.2, 0) is 90.5 Å². The first kappa shape index (κ1) is 48.0. The van der Waals surface area contributed by atoms with E-state index in [2.05, 4.69) is 41.7 Å². The standard InChI is InChI=1S/4C20H30N6O3/c4*1-4-18(27)26(17-9-7-6-8-10-17)20(29-3)11-13-23(14-12-20)15-16-25-19(28)24(5-2)21-22-25/h4*6-10H,4-5,11-16H2,1-3H3/i1D3,3D3,4D2,6D,7D,8D,9D,10D;3D3,4D2,6D,7D,8D,9D,10D;1D3,3D3,6D,7D,8D,9D,10D;3D3,6D,7D,8D,9D,10D. The summed E-state index contributed by atoms with van der Waals surface area (Å²) in [6, 6.07) is -15.6. The number of piperidine rings is 4. The summed E-state index contributed by atoms with van der Waals surface area (Å²) in [4.78, 5) is 113. The van der Waals surface area contributed by atoms with E-state index in [0.29, 0.717) is 55.6 Å². The highest BCUT2D eigenvalue weighted by Crippen LogP contribution is 2.39. The number of carbonyl (C=O) groups is 4. The molecule has 36 nitrogen and oxygen atoms in total. The Kier molecular flexibility index (Phi) is 17.9. The lowest BCUT2D eigenvalue weighted by atomic mass is 9.96. The van der Waals surface area contributed by atoms with Crippen LogP contribution >= 0.6 is 0 Å². The molecule has 4 aliphatic heterocycles. The zero-order valence-corrected chi connectivity index (χ0v) is 64.8. The van der Waals surface area contributed by atoms with Crippen molar-refractivity contribution in [3.05, 3.63) is 163 Å². The van der Waals surface area contributed by atoms with Crippen molar-refractivity contribution >= 4 is 46.4 Å². The van der Waals surface area contributed by atoms with Crippen molar-refractivity contribution < 1.29 is 95.7 Å². The molecule has 0 atom stereocenters. The second-order valence-corrected chi connectivity index (χ2v) is 26.3. The summed E-state index contributed by atoms with van der Waals surface area (Å²) in [6.07, 6.45) is -9.16. The van der Waals surface area contributed by atoms with Crippen molar-refractivity contribution in [2.45, 2.75) is 207 Å². The molecule has 12 rings (SSSR count). The van der Waals surface area contributed by atoms with Crippen molar-refractivity contribution in [1.82, 2.24) is 98.8 Å². The number of aryl methyl sites for hydroxylation is 4. The Morgan fingerprint density at radius 2 is 0.552 bits per heavy atom. The molecular weight excluding hydrogens is 1490 g/mol. The Hall–Kier alpha value is -10.1. The highest BCUT2D eigenvalue weighted by Gasteiger charge is 2.47. The van der Waals surface area contributed by atoms with Crippen molar-refractivity contribution in [1.29, 1.82) is 0 Å². The number of hydrogen-bond donors (Lipinski definition) is 0. The van der Waals surface area contributed by atoms with E-state index in [0.717, 1.165) is 21.2 Å². The van der Waals surface area contributed by atoms with E-state index in [1.165, 1.54) is 35.0 Å². The number of hydrogen-bond acceptors (Lipinski definition) is 24. The van der Waals surface area contributed by atoms with E-state index in [1.54, 1.807) is 32.6 Å². The average Bonchev–Trinajstić information content (AvgIpc) is 0.849. The monoisotopic (exact) mass is 1650 g/mol. The number of amides is 4. The Morgan fingerprint density at radius 3 is 0.750 bits per heavy atom. The number of benzene rings is 4. The van der Waals surface area contributed by atoms with Gasteiger partial charge in [0, 0.05) is 246 Å². The molecule has 0 saturated carbocycles. The summed E-state index contributed by atoms with van der Waals surface area (Å²) < 4.78 is 366. The van der Waals surface area contributed by atoms with Gasteiger partial charge in [-0.3, -0.25) is 38.8 Å². The van der Waals surface area contributed by atoms with E-state index in [1.807, 2.05) is 14.7 Å². The fourth-order valence-electron chi connectivity index (χ4n) is 13.4. The summed E-state index contributed by atoms with van der Waals surface area (Å²) in [5.74, 6) is -5.00. The molecular formula is C80H120N24O12. The smallest absolute Gasteiger partial charge is 0.358 e. The molecule has 0 unspecified atom stereocenters. The molecule has 0 N–H and O–H groups in total. The number of nitrogens with zero attached hydrogens (tertiary/aromatic N) is 24. The van der Waals surface area contributed by atoms with E-state index < -0.39 is 281 Å². The van der Waals surface area contributed by atoms with Gasteiger partial charge in [0.05, 0.1) is 70.0 Å². The molecule has 0 radical (unpaired) electrons. The maximum absolute atomic E-state index is 13.8. The summed E-state index contributed by atoms with van der Waals surface area (Å²) in [5, 5.41) is 30.3. The Balaban J connectivity index is 0.000000233. The van der Waals surface area contributed by atoms with Crippen LogP contribution in [-0.4, -0.2) is 252 Å². The van der Waals surface area contributed by atoms with Crippen LogP contribution in [0.4, 0.5) is 22.7 Å². The molecule has 4 aromatic heterocycles. The highest BCUT2D eigenvalue weighted by atomic mass is 16.5. The molecule has 4 aliphatic rings. The first-order valence-electron chi connectivity index (χ1n) is 58.1. The van der Waals surface area contributed by atoms with Gasteiger partial charge in [0.2, 0.25) is 23.6 Å². The van der Waals surface area contributed by atoms with E-state index in [-0.39, 0.29) is 141 Å². The number of ether oxygens (including phenoxy) is 4. The van der Waals surface area contributed by atoms with Gasteiger partial charge in [-0.25, -0.2) is 19.2 Å². The van der Waals surface area contributed by atoms with Crippen molar-refractivity contribution in [2.24, 2.45) is 0 Å². The van der Waals surface area contributed by atoms with Crippen LogP contribution in [0.5, 0.6) is 0 Å². The maximum Gasteiger partial charge on any atom is 0.363 e. The molecule has 0 spiro atoms. The average molecular weight is 1650 g/mol. The molecule has 8 aromatic rings. The van der Waals surface area contributed by atoms with Crippen LogP contribution in [0.25, 0.3) is 0 Å². The van der Waals surface area contributed by atoms with Gasteiger partial charge in [-0.15, -0.1) is 0 Å². The summed E-state index contributed by atoms with van der Waals surface area (Å²) in [5.41, 5.74) is -12.5. The SMILES string of the molecule is [2H]c1c([2H])c([2H])c(N(C(=O)C([2H])([2H])C([2H])([2H])[2H])C2(OC([2H])([2H])[2H])CCN(CCn3nnn(CC)c3=O)CC2)c([2H])c1[2H].[2H]c1c([2H])c([2H])c(N(C(=O)C([2H])([2H])C)C2(OC([2H])([2H])[2H])CCN(CCn3nnn(CC)c3=O)CC2)c([2H])c1[2H].[2H]c1c([2H])c([2H])c(N(C(=O)CC([2H])([2H])[2H])C2(OC([2H])([2H])[2H])CCN(CCn3nnn(CC)c3=O)CC2)c([2H])c1[2H].[2H]c1c([2H])c([2H])c(N(C(=O)CC)C2(OC([2H])([2H])[2H])CCN(CCn3nnn(CC)c3=O)CC2)c([2H])c1[2H]. The largest absolute Gasteiger partial charge is 0.363 e. The van der Waals surface area contributed by atoms with Crippen LogP contribution in [0.2, 0.25) is 0 Å². The third-order valence-corrected chi connectivity index (χ3v) is 20.0. The normalized spacial score (nSPS) is 22.8. The third kappa shape index (κ3) is 21.6. The Morgan fingerprint density at radius 1 is 0.328 bits per heavy atom. The summed E-state index contributed by atoms with van der Waals surface area (Å²) in [6.45, 7) is 7.17. The minimum Gasteiger partial charge on any atom is -0.358 e. The van der Waals surface area contributed by atoms with Gasteiger partial charge >= 0.3 is 22.8 Å². The molecule has 4 aromatic carbocycles. The number of anilines is 4. The lowest BCUT2D eigenvalue weighted by Crippen LogP contribution is -2.59. The van der Waals surface area contributed by atoms with Crippen LogP contribution in [0.15, 0.2) is 140 Å². The van der Waals surface area contributed by atoms with Crippen molar-refractivity contribution in [3.8, 4) is 0 Å². The molecule has 4 fully saturated rings. The molecule has 116 heavy (non-hydrogen) atoms. The predicted molar refractivity (Wildman–Crippen MR) is 438 cm³/mol. The number of aromatic nitrogens is 16. The Bertz CT molecular complexity index is 6620. The van der Waals surface area contributed by atoms with Crippen LogP contribution < -0.4 is 42.4 Å². The van der Waals surface area contributed by atoms with Crippen molar-refractivity contribution in [2.75, 3.05) is 126 Å². The number of methoxy groups -OCH3 is 4. The molecule has 36 heteroatoms. The lowest BCUT2D eigenvalue weighted by molar-refractivity contribution is -0.129. The molecule has 4 amide bonds. The zero-order valence-electron chi connectivity index (χ0n) is 107. The molecule has 8 heterocycles. The second-order valence-electron chi connectivity index (χ2n) is 26.3. The number of tetrazole rings is 4. The molecule has 0 aliphatic carbocycles. The van der Waals surface area contributed by atoms with Crippen LogP contribution in [0.3, 0.4) is 0 Å². The number of rotatable bonds is 32. The van der Waals surface area contributed by atoms with Gasteiger partial charge in [-0.1, -0.05) is 100 Å². The minimum atomic E-state index is -3.68. The first-order valence-corrected chi connectivity index (χ1v) is 37.1. The molecule has 4 saturated heterocycles. The predicted octanol–water partition coefficient (Wildman–Crippen LogP) is 5.37. The van der Waals surface area contributed by atoms with E-state index >= 15 is 0 Å². The van der Waals surface area contributed by atoms with Crippen LogP contribution in [0.1, 0.15) is 190 Å².